The lowest BCUT2D eigenvalue weighted by molar-refractivity contribution is 0.00872. The third-order valence-electron chi connectivity index (χ3n) is 3.22. The molecule has 0 aromatic heterocycles. The highest BCUT2D eigenvalue weighted by Crippen LogP contribution is 2.32. The monoisotopic (exact) mass is 340 g/mol. The molecule has 0 radical (unpaired) electrons. The van der Waals surface area contributed by atoms with Gasteiger partial charge in [-0.05, 0) is 20.8 Å². The lowest BCUT2D eigenvalue weighted by atomic mass is 10.1. The Morgan fingerprint density at radius 3 is 2.62 bits per heavy atom. The largest absolute Gasteiger partial charge is 0.389 e. The average Bonchev–Trinajstić information content (AvgIpc) is 2.91. The molecule has 21 heavy (non-hydrogen) atoms. The number of hydrazine groups is 2. The highest BCUT2D eigenvalue weighted by Gasteiger charge is 2.44. The zero-order chi connectivity index (χ0) is 16.0. The van der Waals surface area contributed by atoms with E-state index in [9.17, 15) is 12.8 Å². The highest BCUT2D eigenvalue weighted by molar-refractivity contribution is 8.08. The SMILES string of the molecule is CCN1NC(C(Cl)S(=O)(=O)C2=NOC(C)(C)C2)=C(F)N1C. The van der Waals surface area contributed by atoms with Crippen molar-refractivity contribution < 1.29 is 17.6 Å². The van der Waals surface area contributed by atoms with Gasteiger partial charge in [-0.2, -0.15) is 4.39 Å². The molecule has 2 rings (SSSR count). The minimum Gasteiger partial charge on any atom is -0.389 e. The van der Waals surface area contributed by atoms with Crippen molar-refractivity contribution >= 4 is 26.5 Å². The molecule has 0 saturated heterocycles. The molecule has 0 saturated carbocycles. The van der Waals surface area contributed by atoms with Gasteiger partial charge in [0.15, 0.2) is 9.75 Å². The molecule has 120 valence electrons. The van der Waals surface area contributed by atoms with Gasteiger partial charge in [0, 0.05) is 20.0 Å². The van der Waals surface area contributed by atoms with Gasteiger partial charge in [0.2, 0.25) is 15.8 Å². The molecule has 0 aliphatic carbocycles. The summed E-state index contributed by atoms with van der Waals surface area (Å²) in [6.45, 7) is 5.65. The first-order valence-electron chi connectivity index (χ1n) is 6.40. The Kier molecular flexibility index (Phi) is 4.11. The summed E-state index contributed by atoms with van der Waals surface area (Å²) in [6, 6.07) is 0. The first kappa shape index (κ1) is 16.3. The Bertz CT molecular complexity index is 605. The van der Waals surface area contributed by atoms with E-state index in [2.05, 4.69) is 10.6 Å². The van der Waals surface area contributed by atoms with E-state index in [4.69, 9.17) is 16.4 Å². The topological polar surface area (TPSA) is 74.2 Å². The number of hydrogen-bond acceptors (Lipinski definition) is 7. The van der Waals surface area contributed by atoms with Gasteiger partial charge in [0.25, 0.3) is 0 Å². The maximum absolute atomic E-state index is 14.1. The second-order valence-electron chi connectivity index (χ2n) is 5.43. The minimum atomic E-state index is -4.00. The molecule has 10 heteroatoms. The lowest BCUT2D eigenvalue weighted by Gasteiger charge is -2.23. The molecule has 0 fully saturated rings. The lowest BCUT2D eigenvalue weighted by Crippen LogP contribution is -2.42. The first-order valence-corrected chi connectivity index (χ1v) is 8.39. The standard InChI is InChI=1S/C11H18ClFN4O3S/c1-5-17-14-8(10(13)16(17)4)9(12)21(18,19)7-6-11(2,3)20-15-7/h9,14H,5-6H2,1-4H3. The molecule has 2 aliphatic rings. The van der Waals surface area contributed by atoms with Crippen molar-refractivity contribution in [1.29, 1.82) is 0 Å². The van der Waals surface area contributed by atoms with Crippen molar-refractivity contribution in [2.75, 3.05) is 13.6 Å². The van der Waals surface area contributed by atoms with Gasteiger partial charge in [-0.25, -0.2) is 8.42 Å². The Balaban J connectivity index is 2.26. The summed E-state index contributed by atoms with van der Waals surface area (Å²) in [4.78, 5) is 5.04. The van der Waals surface area contributed by atoms with Crippen LogP contribution in [0.25, 0.3) is 0 Å². The number of oxime groups is 1. The van der Waals surface area contributed by atoms with Crippen molar-refractivity contribution in [2.45, 2.75) is 37.5 Å². The van der Waals surface area contributed by atoms with Crippen molar-refractivity contribution in [3.63, 3.8) is 0 Å². The van der Waals surface area contributed by atoms with Gasteiger partial charge >= 0.3 is 0 Å². The Labute approximate surface area is 128 Å². The minimum absolute atomic E-state index is 0.0980. The van der Waals surface area contributed by atoms with Crippen LogP contribution in [0.5, 0.6) is 0 Å². The van der Waals surface area contributed by atoms with E-state index >= 15 is 0 Å². The van der Waals surface area contributed by atoms with Crippen LogP contribution in [0, 0.1) is 0 Å². The Morgan fingerprint density at radius 1 is 1.57 bits per heavy atom. The predicted octanol–water partition coefficient (Wildman–Crippen LogP) is 1.30. The number of halogens is 2. The van der Waals surface area contributed by atoms with E-state index in [0.717, 1.165) is 5.01 Å². The fourth-order valence-corrected chi connectivity index (χ4v) is 3.84. The predicted molar refractivity (Wildman–Crippen MR) is 77.2 cm³/mol. The zero-order valence-corrected chi connectivity index (χ0v) is 13.8. The fraction of sp³-hybridized carbons (Fsp3) is 0.727. The van der Waals surface area contributed by atoms with Crippen LogP contribution >= 0.6 is 11.6 Å². The van der Waals surface area contributed by atoms with E-state index in [1.165, 1.54) is 12.2 Å². The molecule has 0 bridgehead atoms. The van der Waals surface area contributed by atoms with Crippen molar-refractivity contribution in [1.82, 2.24) is 15.6 Å². The molecule has 1 atom stereocenters. The van der Waals surface area contributed by atoms with E-state index in [1.807, 2.05) is 0 Å². The third-order valence-corrected chi connectivity index (χ3v) is 5.80. The molecule has 1 N–H and O–H groups in total. The second kappa shape index (κ2) is 5.29. The summed E-state index contributed by atoms with van der Waals surface area (Å²) in [5, 5.41) is 5.98. The summed E-state index contributed by atoms with van der Waals surface area (Å²) in [6.07, 6.45) is 0.0980. The summed E-state index contributed by atoms with van der Waals surface area (Å²) >= 11 is 6.00. The van der Waals surface area contributed by atoms with Crippen LogP contribution in [0.15, 0.2) is 16.8 Å². The maximum atomic E-state index is 14.1. The molecule has 0 aromatic rings. The molecular formula is C11H18ClFN4O3S. The van der Waals surface area contributed by atoms with E-state index < -0.39 is 26.1 Å². The summed E-state index contributed by atoms with van der Waals surface area (Å²) < 4.78 is 37.4. The van der Waals surface area contributed by atoms with Crippen LogP contribution in [0.1, 0.15) is 27.2 Å². The van der Waals surface area contributed by atoms with Crippen LogP contribution < -0.4 is 5.43 Å². The van der Waals surface area contributed by atoms with E-state index in [1.54, 1.807) is 20.8 Å². The highest BCUT2D eigenvalue weighted by atomic mass is 35.5. The summed E-state index contributed by atoms with van der Waals surface area (Å²) in [7, 11) is -2.54. The average molecular weight is 341 g/mol. The smallest absolute Gasteiger partial charge is 0.228 e. The van der Waals surface area contributed by atoms with Gasteiger partial charge in [-0.1, -0.05) is 16.8 Å². The van der Waals surface area contributed by atoms with Crippen molar-refractivity contribution in [3.05, 3.63) is 11.6 Å². The molecule has 7 nitrogen and oxygen atoms in total. The molecule has 0 aromatic carbocycles. The van der Waals surface area contributed by atoms with Gasteiger partial charge in [-0.15, -0.1) is 5.12 Å². The quantitative estimate of drug-likeness (QED) is 0.616. The molecule has 0 spiro atoms. The van der Waals surface area contributed by atoms with Gasteiger partial charge in [0.05, 0.1) is 0 Å². The van der Waals surface area contributed by atoms with Gasteiger partial charge in [0.1, 0.15) is 11.3 Å². The second-order valence-corrected chi connectivity index (χ2v) is 8.16. The van der Waals surface area contributed by atoms with E-state index in [0.29, 0.717) is 6.54 Å². The normalized spacial score (nSPS) is 23.9. The number of nitrogens with one attached hydrogen (secondary N) is 1. The Morgan fingerprint density at radius 2 is 2.19 bits per heavy atom. The molecular weight excluding hydrogens is 323 g/mol. The molecule has 2 heterocycles. The Hall–Kier alpha value is -1.06. The molecule has 2 aliphatic heterocycles. The van der Waals surface area contributed by atoms with Crippen LogP contribution in [0.3, 0.4) is 0 Å². The number of hydrogen-bond donors (Lipinski definition) is 1. The number of rotatable bonds is 3. The van der Waals surface area contributed by atoms with Crippen LogP contribution in [-0.4, -0.2) is 47.5 Å². The van der Waals surface area contributed by atoms with Crippen molar-refractivity contribution in [3.8, 4) is 0 Å². The third kappa shape index (κ3) is 2.82. The number of nitrogens with zero attached hydrogens (tertiary/aromatic N) is 3. The van der Waals surface area contributed by atoms with Crippen LogP contribution in [0.4, 0.5) is 4.39 Å². The molecule has 1 unspecified atom stereocenters. The number of alkyl halides is 1. The zero-order valence-electron chi connectivity index (χ0n) is 12.2. The molecule has 0 amide bonds. The number of sulfone groups is 1. The van der Waals surface area contributed by atoms with Gasteiger partial charge < -0.3 is 4.84 Å². The van der Waals surface area contributed by atoms with Crippen LogP contribution in [-0.2, 0) is 14.7 Å². The first-order chi connectivity index (χ1) is 9.60. The summed E-state index contributed by atoms with van der Waals surface area (Å²) in [5.41, 5.74) is 1.73. The van der Waals surface area contributed by atoms with Crippen LogP contribution in [0.2, 0.25) is 0 Å². The van der Waals surface area contributed by atoms with Crippen molar-refractivity contribution in [2.24, 2.45) is 5.16 Å². The van der Waals surface area contributed by atoms with E-state index in [-0.39, 0.29) is 17.2 Å². The van der Waals surface area contributed by atoms with Gasteiger partial charge in [-0.3, -0.25) is 10.4 Å². The fourth-order valence-electron chi connectivity index (χ4n) is 2.01. The maximum Gasteiger partial charge on any atom is 0.228 e. The summed E-state index contributed by atoms with van der Waals surface area (Å²) in [5.74, 6) is -0.737.